The van der Waals surface area contributed by atoms with E-state index in [4.69, 9.17) is 0 Å². The third-order valence-electron chi connectivity index (χ3n) is 1.54. The van der Waals surface area contributed by atoms with E-state index in [-0.39, 0.29) is 0 Å². The van der Waals surface area contributed by atoms with E-state index < -0.39 is 0 Å². The predicted molar refractivity (Wildman–Crippen MR) is 35.9 cm³/mol. The molecule has 1 radical (unpaired) electrons. The second-order valence-corrected chi connectivity index (χ2v) is 2.33. The van der Waals surface area contributed by atoms with Gasteiger partial charge in [0, 0.05) is 17.8 Å². The summed E-state index contributed by atoms with van der Waals surface area (Å²) >= 11 is 0. The van der Waals surface area contributed by atoms with Gasteiger partial charge in [-0.05, 0) is 25.0 Å². The summed E-state index contributed by atoms with van der Waals surface area (Å²) in [6.07, 6.45) is 5.33. The standard InChI is InChI=1S/C8H8N/c1-2-6-9-8(3-1)7-4-5-7/h1-4,6-7H,5H2. The summed E-state index contributed by atoms with van der Waals surface area (Å²) in [7, 11) is 0. The SMILES string of the molecule is [CH]1CC1c1ccccn1. The van der Waals surface area contributed by atoms with E-state index in [2.05, 4.69) is 17.5 Å². The second-order valence-electron chi connectivity index (χ2n) is 2.33. The first-order valence-electron chi connectivity index (χ1n) is 3.21. The predicted octanol–water partition coefficient (Wildman–Crippen LogP) is 1.77. The normalized spacial score (nSPS) is 17.8. The summed E-state index contributed by atoms with van der Waals surface area (Å²) in [5, 5.41) is 0. The molecule has 0 saturated heterocycles. The van der Waals surface area contributed by atoms with Gasteiger partial charge in [0.15, 0.2) is 0 Å². The van der Waals surface area contributed by atoms with Gasteiger partial charge in [0.2, 0.25) is 0 Å². The fraction of sp³-hybridized carbons (Fsp3) is 0.250. The Balaban J connectivity index is 2.29. The molecule has 0 amide bonds. The molecule has 1 aromatic rings. The van der Waals surface area contributed by atoms with Crippen molar-refractivity contribution in [2.24, 2.45) is 0 Å². The Morgan fingerprint density at radius 2 is 2.33 bits per heavy atom. The molecule has 1 aliphatic rings. The van der Waals surface area contributed by atoms with Gasteiger partial charge in [0.25, 0.3) is 0 Å². The number of hydrogen-bond acceptors (Lipinski definition) is 1. The Morgan fingerprint density at radius 3 is 2.89 bits per heavy atom. The van der Waals surface area contributed by atoms with Crippen LogP contribution >= 0.6 is 0 Å². The van der Waals surface area contributed by atoms with E-state index in [0.29, 0.717) is 5.92 Å². The number of rotatable bonds is 1. The molecule has 1 heterocycles. The van der Waals surface area contributed by atoms with Crippen LogP contribution in [0.25, 0.3) is 0 Å². The van der Waals surface area contributed by atoms with Gasteiger partial charge in [-0.1, -0.05) is 6.07 Å². The Bertz CT molecular complexity index is 189. The first-order valence-corrected chi connectivity index (χ1v) is 3.21. The molecule has 1 fully saturated rings. The van der Waals surface area contributed by atoms with Crippen molar-refractivity contribution >= 4 is 0 Å². The molecular weight excluding hydrogens is 110 g/mol. The van der Waals surface area contributed by atoms with Crippen LogP contribution in [0, 0.1) is 6.42 Å². The summed E-state index contributed by atoms with van der Waals surface area (Å²) in [4.78, 5) is 4.21. The van der Waals surface area contributed by atoms with Crippen molar-refractivity contribution in [2.75, 3.05) is 0 Å². The minimum atomic E-state index is 0.672. The first kappa shape index (κ1) is 4.98. The lowest BCUT2D eigenvalue weighted by atomic mass is 10.3. The fourth-order valence-electron chi connectivity index (χ4n) is 0.905. The van der Waals surface area contributed by atoms with Crippen molar-refractivity contribution < 1.29 is 0 Å². The van der Waals surface area contributed by atoms with Crippen molar-refractivity contribution in [3.63, 3.8) is 0 Å². The van der Waals surface area contributed by atoms with Crippen molar-refractivity contribution in [1.82, 2.24) is 4.98 Å². The smallest absolute Gasteiger partial charge is 0.0437 e. The molecule has 0 aliphatic heterocycles. The maximum Gasteiger partial charge on any atom is 0.0437 e. The molecule has 9 heavy (non-hydrogen) atoms. The molecule has 1 nitrogen and oxygen atoms in total. The number of pyridine rings is 1. The van der Waals surface area contributed by atoms with Crippen LogP contribution in [-0.2, 0) is 0 Å². The van der Waals surface area contributed by atoms with Crippen LogP contribution in [0.2, 0.25) is 0 Å². The summed E-state index contributed by atoms with van der Waals surface area (Å²) < 4.78 is 0. The van der Waals surface area contributed by atoms with Crippen molar-refractivity contribution in [3.8, 4) is 0 Å². The molecule has 1 aliphatic carbocycles. The highest BCUT2D eigenvalue weighted by Gasteiger charge is 2.24. The lowest BCUT2D eigenvalue weighted by Gasteiger charge is -1.91. The molecule has 45 valence electrons. The van der Waals surface area contributed by atoms with Crippen LogP contribution in [0.15, 0.2) is 24.4 Å². The number of aromatic nitrogens is 1. The van der Waals surface area contributed by atoms with Crippen LogP contribution in [-0.4, -0.2) is 4.98 Å². The third-order valence-corrected chi connectivity index (χ3v) is 1.54. The van der Waals surface area contributed by atoms with Gasteiger partial charge in [-0.3, -0.25) is 4.98 Å². The summed E-state index contributed by atoms with van der Waals surface area (Å²) in [5.41, 5.74) is 1.22. The quantitative estimate of drug-likeness (QED) is 0.547. The zero-order chi connectivity index (χ0) is 6.10. The van der Waals surface area contributed by atoms with Crippen molar-refractivity contribution in [1.29, 1.82) is 0 Å². The monoisotopic (exact) mass is 118 g/mol. The van der Waals surface area contributed by atoms with E-state index in [0.717, 1.165) is 0 Å². The van der Waals surface area contributed by atoms with Gasteiger partial charge in [0.05, 0.1) is 0 Å². The highest BCUT2D eigenvalue weighted by atomic mass is 14.7. The Hall–Kier alpha value is -0.850. The molecule has 0 bridgehead atoms. The molecule has 1 atom stereocenters. The minimum Gasteiger partial charge on any atom is -0.261 e. The molecule has 2 rings (SSSR count). The largest absolute Gasteiger partial charge is 0.261 e. The van der Waals surface area contributed by atoms with E-state index >= 15 is 0 Å². The van der Waals surface area contributed by atoms with Gasteiger partial charge in [0.1, 0.15) is 0 Å². The number of hydrogen-bond donors (Lipinski definition) is 0. The Morgan fingerprint density at radius 1 is 1.44 bits per heavy atom. The van der Waals surface area contributed by atoms with E-state index in [9.17, 15) is 0 Å². The maximum absolute atomic E-state index is 4.21. The molecule has 1 heteroatoms. The van der Waals surface area contributed by atoms with Crippen LogP contribution in [0.1, 0.15) is 18.0 Å². The molecule has 0 spiro atoms. The van der Waals surface area contributed by atoms with Gasteiger partial charge >= 0.3 is 0 Å². The van der Waals surface area contributed by atoms with Gasteiger partial charge in [-0.15, -0.1) is 0 Å². The lowest BCUT2D eigenvalue weighted by Crippen LogP contribution is -1.81. The molecule has 0 N–H and O–H groups in total. The maximum atomic E-state index is 4.21. The third kappa shape index (κ3) is 0.947. The van der Waals surface area contributed by atoms with E-state index in [1.807, 2.05) is 18.3 Å². The number of nitrogens with zero attached hydrogens (tertiary/aromatic N) is 1. The summed E-state index contributed by atoms with van der Waals surface area (Å²) in [6, 6.07) is 6.06. The minimum absolute atomic E-state index is 0.672. The highest BCUT2D eigenvalue weighted by Crippen LogP contribution is 2.36. The topological polar surface area (TPSA) is 12.9 Å². The highest BCUT2D eigenvalue weighted by molar-refractivity contribution is 5.22. The zero-order valence-corrected chi connectivity index (χ0v) is 5.12. The second kappa shape index (κ2) is 1.83. The summed E-state index contributed by atoms with van der Waals surface area (Å²) in [5.74, 6) is 0.672. The van der Waals surface area contributed by atoms with Gasteiger partial charge in [-0.25, -0.2) is 0 Å². The fourth-order valence-corrected chi connectivity index (χ4v) is 0.905. The lowest BCUT2D eigenvalue weighted by molar-refractivity contribution is 1.05. The van der Waals surface area contributed by atoms with Gasteiger partial charge < -0.3 is 0 Å². The van der Waals surface area contributed by atoms with Crippen molar-refractivity contribution in [3.05, 3.63) is 36.5 Å². The van der Waals surface area contributed by atoms with Gasteiger partial charge in [-0.2, -0.15) is 0 Å². The average molecular weight is 118 g/mol. The van der Waals surface area contributed by atoms with E-state index in [1.165, 1.54) is 12.1 Å². The zero-order valence-electron chi connectivity index (χ0n) is 5.12. The van der Waals surface area contributed by atoms with Crippen LogP contribution in [0.3, 0.4) is 0 Å². The molecule has 1 aromatic heterocycles. The molecule has 0 aromatic carbocycles. The van der Waals surface area contributed by atoms with E-state index in [1.54, 1.807) is 0 Å². The molecular formula is C8H8N. The van der Waals surface area contributed by atoms with Crippen LogP contribution in [0.4, 0.5) is 0 Å². The Kier molecular flexibility index (Phi) is 1.01. The van der Waals surface area contributed by atoms with Crippen LogP contribution < -0.4 is 0 Å². The molecule has 1 unspecified atom stereocenters. The molecule has 1 saturated carbocycles. The van der Waals surface area contributed by atoms with Crippen molar-refractivity contribution in [2.45, 2.75) is 12.3 Å². The Labute approximate surface area is 54.7 Å². The summed E-state index contributed by atoms with van der Waals surface area (Å²) in [6.45, 7) is 0. The van der Waals surface area contributed by atoms with Crippen LogP contribution in [0.5, 0.6) is 0 Å². The average Bonchev–Trinajstić information content (AvgIpc) is 2.71. The first-order chi connectivity index (χ1) is 4.47.